The number of benzene rings is 2. The Labute approximate surface area is 186 Å². The number of ether oxygens (including phenoxy) is 1. The van der Waals surface area contributed by atoms with Crippen molar-refractivity contribution in [3.05, 3.63) is 53.9 Å². The van der Waals surface area contributed by atoms with Crippen LogP contribution >= 0.6 is 0 Å². The number of carbonyl (C=O) groups is 1. The first-order valence-corrected chi connectivity index (χ1v) is 11.1. The van der Waals surface area contributed by atoms with Crippen LogP contribution in [0.25, 0.3) is 22.1 Å². The Morgan fingerprint density at radius 1 is 1.16 bits per heavy atom. The molecule has 3 heterocycles. The summed E-state index contributed by atoms with van der Waals surface area (Å²) in [5.41, 5.74) is 5.67. The number of aryl methyl sites for hydroxylation is 1. The molecule has 166 valence electrons. The molecule has 4 aromatic rings. The van der Waals surface area contributed by atoms with E-state index in [1.807, 2.05) is 36.1 Å². The van der Waals surface area contributed by atoms with Gasteiger partial charge in [-0.25, -0.2) is 9.97 Å². The highest BCUT2D eigenvalue weighted by Crippen LogP contribution is 2.25. The summed E-state index contributed by atoms with van der Waals surface area (Å²) in [6.45, 7) is 6.14. The van der Waals surface area contributed by atoms with Crippen LogP contribution in [-0.2, 0) is 18.3 Å². The molecule has 0 bridgehead atoms. The van der Waals surface area contributed by atoms with Gasteiger partial charge in [0.15, 0.2) is 0 Å². The number of fused-ring (bicyclic) bond motifs is 2. The maximum Gasteiger partial charge on any atom is 0.204 e. The van der Waals surface area contributed by atoms with Gasteiger partial charge in [0, 0.05) is 32.2 Å². The van der Waals surface area contributed by atoms with E-state index in [0.29, 0.717) is 12.1 Å². The summed E-state index contributed by atoms with van der Waals surface area (Å²) in [5, 5.41) is 3.53. The van der Waals surface area contributed by atoms with Crippen molar-refractivity contribution in [1.82, 2.24) is 24.0 Å². The lowest BCUT2D eigenvalue weighted by atomic mass is 10.1. The number of imidazole rings is 2. The minimum absolute atomic E-state index is 0.624. The quantitative estimate of drug-likeness (QED) is 0.341. The molecule has 2 aromatic heterocycles. The third-order valence-corrected chi connectivity index (χ3v) is 6.11. The Morgan fingerprint density at radius 2 is 2.03 bits per heavy atom. The van der Waals surface area contributed by atoms with E-state index in [4.69, 9.17) is 9.72 Å². The Bertz CT molecular complexity index is 1240. The van der Waals surface area contributed by atoms with E-state index in [0.717, 1.165) is 85.7 Å². The zero-order valence-electron chi connectivity index (χ0n) is 18.3. The van der Waals surface area contributed by atoms with Crippen molar-refractivity contribution in [1.29, 1.82) is 0 Å². The van der Waals surface area contributed by atoms with Crippen LogP contribution in [0.5, 0.6) is 0 Å². The van der Waals surface area contributed by atoms with Crippen molar-refractivity contribution in [3.63, 3.8) is 0 Å². The minimum atomic E-state index is 0.624. The third kappa shape index (κ3) is 4.11. The lowest BCUT2D eigenvalue weighted by molar-refractivity contribution is 0.0378. The second-order valence-corrected chi connectivity index (χ2v) is 8.26. The first kappa shape index (κ1) is 20.7. The number of aldehydes is 1. The van der Waals surface area contributed by atoms with Gasteiger partial charge in [0.05, 0.1) is 48.2 Å². The van der Waals surface area contributed by atoms with Gasteiger partial charge in [0.25, 0.3) is 0 Å². The molecule has 5 rings (SSSR count). The molecular weight excluding hydrogens is 404 g/mol. The van der Waals surface area contributed by atoms with Gasteiger partial charge in [-0.15, -0.1) is 0 Å². The number of hydrogen-bond donors (Lipinski definition) is 1. The molecule has 1 aliphatic rings. The van der Waals surface area contributed by atoms with Crippen molar-refractivity contribution in [3.8, 4) is 0 Å². The summed E-state index contributed by atoms with van der Waals surface area (Å²) in [6.07, 6.45) is 3.75. The molecule has 32 heavy (non-hydrogen) atoms. The largest absolute Gasteiger partial charge is 0.379 e. The number of carbonyl (C=O) groups excluding carboxylic acids is 1. The molecule has 0 atom stereocenters. The number of nitrogens with zero attached hydrogens (tertiary/aromatic N) is 5. The zero-order chi connectivity index (χ0) is 21.9. The molecule has 1 saturated heterocycles. The topological polar surface area (TPSA) is 77.2 Å². The normalized spacial score (nSPS) is 14.9. The maximum absolute atomic E-state index is 11.4. The van der Waals surface area contributed by atoms with Gasteiger partial charge in [-0.3, -0.25) is 9.69 Å². The van der Waals surface area contributed by atoms with Gasteiger partial charge in [-0.05, 0) is 42.8 Å². The van der Waals surface area contributed by atoms with E-state index in [1.54, 1.807) is 0 Å². The zero-order valence-corrected chi connectivity index (χ0v) is 18.3. The second kappa shape index (κ2) is 9.10. The lowest BCUT2D eigenvalue weighted by Gasteiger charge is -2.26. The van der Waals surface area contributed by atoms with Crippen LogP contribution in [0.2, 0.25) is 0 Å². The summed E-state index contributed by atoms with van der Waals surface area (Å²) < 4.78 is 9.61. The number of hydrogen-bond acceptors (Lipinski definition) is 6. The molecule has 0 radical (unpaired) electrons. The molecule has 8 nitrogen and oxygen atoms in total. The van der Waals surface area contributed by atoms with Crippen molar-refractivity contribution in [2.45, 2.75) is 13.0 Å². The fraction of sp³-hybridized carbons (Fsp3) is 0.375. The average Bonchev–Trinajstić information content (AvgIpc) is 3.38. The highest BCUT2D eigenvalue weighted by Gasteiger charge is 2.15. The molecule has 8 heteroatoms. The molecule has 0 unspecified atom stereocenters. The predicted molar refractivity (Wildman–Crippen MR) is 125 cm³/mol. The smallest absolute Gasteiger partial charge is 0.204 e. The van der Waals surface area contributed by atoms with Crippen LogP contribution in [0.4, 0.5) is 5.95 Å². The van der Waals surface area contributed by atoms with Crippen LogP contribution in [-0.4, -0.2) is 69.7 Å². The summed E-state index contributed by atoms with van der Waals surface area (Å²) >= 11 is 0. The standard InChI is InChI=1S/C24H28N6O2/c1-28-17-26-23-19(4-2-5-21(23)28)15-30-22-14-18(16-31)6-7-20(22)27-24(30)25-8-3-9-29-10-12-32-13-11-29/h2,4-7,14,16-17H,3,8-13,15H2,1H3,(H,25,27). The van der Waals surface area contributed by atoms with E-state index < -0.39 is 0 Å². The summed E-state index contributed by atoms with van der Waals surface area (Å²) in [7, 11) is 2.00. The number of anilines is 1. The summed E-state index contributed by atoms with van der Waals surface area (Å²) in [6, 6.07) is 11.9. The van der Waals surface area contributed by atoms with Crippen molar-refractivity contribution < 1.29 is 9.53 Å². The number of para-hydroxylation sites is 1. The first-order valence-electron chi connectivity index (χ1n) is 11.1. The van der Waals surface area contributed by atoms with Gasteiger partial charge in [0.2, 0.25) is 5.95 Å². The van der Waals surface area contributed by atoms with Crippen LogP contribution in [0.15, 0.2) is 42.7 Å². The molecule has 1 aliphatic heterocycles. The van der Waals surface area contributed by atoms with Gasteiger partial charge >= 0.3 is 0 Å². The van der Waals surface area contributed by atoms with E-state index in [2.05, 4.69) is 38.0 Å². The Hall–Kier alpha value is -3.23. The van der Waals surface area contributed by atoms with Gasteiger partial charge in [-0.1, -0.05) is 12.1 Å². The Morgan fingerprint density at radius 3 is 2.88 bits per heavy atom. The van der Waals surface area contributed by atoms with Crippen molar-refractivity contribution >= 4 is 34.3 Å². The van der Waals surface area contributed by atoms with Gasteiger partial charge in [0.1, 0.15) is 6.29 Å². The lowest BCUT2D eigenvalue weighted by Crippen LogP contribution is -2.37. The van der Waals surface area contributed by atoms with E-state index in [9.17, 15) is 4.79 Å². The molecule has 2 aromatic carbocycles. The summed E-state index contributed by atoms with van der Waals surface area (Å²) in [4.78, 5) is 23.3. The van der Waals surface area contributed by atoms with Gasteiger partial charge < -0.3 is 19.2 Å². The number of nitrogens with one attached hydrogen (secondary N) is 1. The second-order valence-electron chi connectivity index (χ2n) is 8.26. The van der Waals surface area contributed by atoms with Crippen molar-refractivity contribution in [2.24, 2.45) is 7.05 Å². The van der Waals surface area contributed by atoms with E-state index >= 15 is 0 Å². The van der Waals surface area contributed by atoms with E-state index in [1.165, 1.54) is 0 Å². The van der Waals surface area contributed by atoms with Gasteiger partial charge in [-0.2, -0.15) is 0 Å². The Kier molecular flexibility index (Phi) is 5.87. The molecular formula is C24H28N6O2. The number of aromatic nitrogens is 4. The monoisotopic (exact) mass is 432 g/mol. The number of rotatable bonds is 8. The molecule has 0 aliphatic carbocycles. The highest BCUT2D eigenvalue weighted by atomic mass is 16.5. The molecule has 0 amide bonds. The molecule has 1 fully saturated rings. The van der Waals surface area contributed by atoms with E-state index in [-0.39, 0.29) is 0 Å². The van der Waals surface area contributed by atoms with Crippen LogP contribution in [0.1, 0.15) is 22.3 Å². The molecule has 0 saturated carbocycles. The molecule has 1 N–H and O–H groups in total. The number of morpholine rings is 1. The predicted octanol–water partition coefficient (Wildman–Crippen LogP) is 2.92. The fourth-order valence-electron chi connectivity index (χ4n) is 4.35. The average molecular weight is 433 g/mol. The minimum Gasteiger partial charge on any atom is -0.379 e. The maximum atomic E-state index is 11.4. The van der Waals surface area contributed by atoms with Crippen LogP contribution in [0, 0.1) is 0 Å². The third-order valence-electron chi connectivity index (χ3n) is 6.11. The van der Waals surface area contributed by atoms with Crippen molar-refractivity contribution in [2.75, 3.05) is 44.7 Å². The fourth-order valence-corrected chi connectivity index (χ4v) is 4.35. The van der Waals surface area contributed by atoms with Crippen LogP contribution in [0.3, 0.4) is 0 Å². The Balaban J connectivity index is 1.41. The summed E-state index contributed by atoms with van der Waals surface area (Å²) in [5.74, 6) is 0.818. The highest BCUT2D eigenvalue weighted by molar-refractivity contribution is 5.87. The SMILES string of the molecule is Cn1cnc2c(Cn3c(NCCCN4CCOCC4)nc4ccc(C=O)cc43)cccc21. The van der Waals surface area contributed by atoms with Crippen LogP contribution < -0.4 is 5.32 Å². The molecule has 0 spiro atoms. The first-order chi connectivity index (χ1) is 15.7.